The van der Waals surface area contributed by atoms with E-state index in [9.17, 15) is 0 Å². The third-order valence-electron chi connectivity index (χ3n) is 2.09. The van der Waals surface area contributed by atoms with Gasteiger partial charge in [0.2, 0.25) is 0 Å². The molecule has 0 atom stereocenters. The lowest BCUT2D eigenvalue weighted by Crippen LogP contribution is -2.02. The molecule has 0 aliphatic rings. The van der Waals surface area contributed by atoms with Crippen LogP contribution in [0.2, 0.25) is 0 Å². The van der Waals surface area contributed by atoms with Crippen LogP contribution in [0.4, 0.5) is 0 Å². The standard InChI is InChI=1S/C12H12NO/c13-7-8-14-12-6-5-10-3-1-2-4-11(10)9-12/h1-6,9,13H,7-8H2. The zero-order valence-electron chi connectivity index (χ0n) is 7.86. The largest absolute Gasteiger partial charge is 0.492 e. The van der Waals surface area contributed by atoms with Gasteiger partial charge in [-0.05, 0) is 22.9 Å². The Kier molecular flexibility index (Phi) is 2.65. The van der Waals surface area contributed by atoms with E-state index in [0.29, 0.717) is 13.2 Å². The molecule has 1 N–H and O–H groups in total. The van der Waals surface area contributed by atoms with Crippen LogP contribution in [0.1, 0.15) is 0 Å². The van der Waals surface area contributed by atoms with Gasteiger partial charge in [0.05, 0.1) is 0 Å². The van der Waals surface area contributed by atoms with Gasteiger partial charge in [0.15, 0.2) is 0 Å². The fraction of sp³-hybridized carbons (Fsp3) is 0.167. The van der Waals surface area contributed by atoms with E-state index in [4.69, 9.17) is 10.5 Å². The summed E-state index contributed by atoms with van der Waals surface area (Å²) in [5.74, 6) is 0.843. The van der Waals surface area contributed by atoms with Crippen molar-refractivity contribution in [2.24, 2.45) is 0 Å². The van der Waals surface area contributed by atoms with Crippen LogP contribution in [-0.4, -0.2) is 13.2 Å². The summed E-state index contributed by atoms with van der Waals surface area (Å²) < 4.78 is 5.38. The first-order valence-electron chi connectivity index (χ1n) is 4.66. The van der Waals surface area contributed by atoms with Crippen LogP contribution < -0.4 is 10.5 Å². The van der Waals surface area contributed by atoms with Crippen molar-refractivity contribution in [1.82, 2.24) is 5.73 Å². The lowest BCUT2D eigenvalue weighted by molar-refractivity contribution is 0.327. The normalized spacial score (nSPS) is 10.4. The quantitative estimate of drug-likeness (QED) is 0.725. The first kappa shape index (κ1) is 9.03. The molecule has 2 heteroatoms. The molecular weight excluding hydrogens is 174 g/mol. The fourth-order valence-corrected chi connectivity index (χ4v) is 1.43. The molecule has 2 aromatic carbocycles. The van der Waals surface area contributed by atoms with Crippen molar-refractivity contribution in [3.05, 3.63) is 42.5 Å². The Balaban J connectivity index is 2.32. The lowest BCUT2D eigenvalue weighted by atomic mass is 10.1. The van der Waals surface area contributed by atoms with E-state index in [1.807, 2.05) is 30.3 Å². The Morgan fingerprint density at radius 1 is 1.00 bits per heavy atom. The Bertz CT molecular complexity index is 425. The molecule has 0 saturated heterocycles. The number of hydrogen-bond acceptors (Lipinski definition) is 1. The molecule has 0 bridgehead atoms. The molecule has 2 nitrogen and oxygen atoms in total. The second kappa shape index (κ2) is 4.11. The van der Waals surface area contributed by atoms with Crippen LogP contribution in [0.3, 0.4) is 0 Å². The van der Waals surface area contributed by atoms with Crippen molar-refractivity contribution in [3.8, 4) is 5.75 Å². The molecular formula is C12H12NO. The highest BCUT2D eigenvalue weighted by Crippen LogP contribution is 2.20. The molecule has 0 aliphatic carbocycles. The number of nitrogens with one attached hydrogen (secondary N) is 1. The maximum atomic E-state index is 6.99. The van der Waals surface area contributed by atoms with Gasteiger partial charge in [-0.2, -0.15) is 0 Å². The van der Waals surface area contributed by atoms with Gasteiger partial charge in [-0.1, -0.05) is 30.3 Å². The second-order valence-electron chi connectivity index (χ2n) is 3.11. The van der Waals surface area contributed by atoms with Gasteiger partial charge in [-0.3, -0.25) is 5.73 Å². The van der Waals surface area contributed by atoms with Crippen molar-refractivity contribution in [3.63, 3.8) is 0 Å². The van der Waals surface area contributed by atoms with Gasteiger partial charge < -0.3 is 4.74 Å². The molecule has 0 aromatic heterocycles. The zero-order chi connectivity index (χ0) is 9.80. The summed E-state index contributed by atoms with van der Waals surface area (Å²) in [5.41, 5.74) is 6.99. The van der Waals surface area contributed by atoms with E-state index in [1.165, 1.54) is 10.8 Å². The van der Waals surface area contributed by atoms with E-state index in [1.54, 1.807) is 0 Å². The average molecular weight is 186 g/mol. The molecule has 71 valence electrons. The maximum absolute atomic E-state index is 6.99. The molecule has 0 aliphatic heterocycles. The lowest BCUT2D eigenvalue weighted by Gasteiger charge is -2.05. The van der Waals surface area contributed by atoms with Gasteiger partial charge in [0.25, 0.3) is 0 Å². The van der Waals surface area contributed by atoms with Crippen molar-refractivity contribution in [2.45, 2.75) is 0 Å². The van der Waals surface area contributed by atoms with Crippen molar-refractivity contribution in [1.29, 1.82) is 0 Å². The number of hydrogen-bond donors (Lipinski definition) is 0. The van der Waals surface area contributed by atoms with Gasteiger partial charge in [-0.15, -0.1) is 0 Å². The van der Waals surface area contributed by atoms with Crippen LogP contribution in [0.15, 0.2) is 42.5 Å². The van der Waals surface area contributed by atoms with E-state index >= 15 is 0 Å². The molecule has 1 radical (unpaired) electrons. The van der Waals surface area contributed by atoms with Crippen molar-refractivity contribution in [2.75, 3.05) is 13.2 Å². The Morgan fingerprint density at radius 3 is 2.57 bits per heavy atom. The first-order chi connectivity index (χ1) is 6.90. The summed E-state index contributed by atoms with van der Waals surface area (Å²) in [6.07, 6.45) is 0. The van der Waals surface area contributed by atoms with Gasteiger partial charge in [0, 0.05) is 6.54 Å². The van der Waals surface area contributed by atoms with Gasteiger partial charge in [0.1, 0.15) is 12.4 Å². The highest BCUT2D eigenvalue weighted by Gasteiger charge is 1.95. The summed E-state index contributed by atoms with van der Waals surface area (Å²) in [5, 5.41) is 2.39. The second-order valence-corrected chi connectivity index (χ2v) is 3.11. The van der Waals surface area contributed by atoms with Crippen molar-refractivity contribution >= 4 is 10.8 Å². The van der Waals surface area contributed by atoms with Crippen LogP contribution in [0, 0.1) is 0 Å². The predicted molar refractivity (Wildman–Crippen MR) is 57.4 cm³/mol. The minimum absolute atomic E-state index is 0.298. The highest BCUT2D eigenvalue weighted by atomic mass is 16.5. The number of benzene rings is 2. The molecule has 0 unspecified atom stereocenters. The number of ether oxygens (including phenoxy) is 1. The Hall–Kier alpha value is -1.54. The molecule has 0 heterocycles. The summed E-state index contributed by atoms with van der Waals surface area (Å²) in [7, 11) is 0. The maximum Gasteiger partial charge on any atom is 0.120 e. The molecule has 0 amide bonds. The smallest absolute Gasteiger partial charge is 0.120 e. The van der Waals surface area contributed by atoms with E-state index in [0.717, 1.165) is 5.75 Å². The minimum Gasteiger partial charge on any atom is -0.492 e. The molecule has 2 rings (SSSR count). The average Bonchev–Trinajstić information content (AvgIpc) is 2.26. The van der Waals surface area contributed by atoms with E-state index in [2.05, 4.69) is 12.1 Å². The molecule has 0 spiro atoms. The van der Waals surface area contributed by atoms with E-state index < -0.39 is 0 Å². The highest BCUT2D eigenvalue weighted by molar-refractivity contribution is 5.83. The molecule has 14 heavy (non-hydrogen) atoms. The fourth-order valence-electron chi connectivity index (χ4n) is 1.43. The zero-order valence-corrected chi connectivity index (χ0v) is 7.86. The summed E-state index contributed by atoms with van der Waals surface area (Å²) in [6, 6.07) is 14.1. The monoisotopic (exact) mass is 186 g/mol. The van der Waals surface area contributed by atoms with Crippen LogP contribution in [-0.2, 0) is 0 Å². The SMILES string of the molecule is [NH]CCOc1ccc2ccccc2c1. The van der Waals surface area contributed by atoms with Crippen LogP contribution in [0.25, 0.3) is 10.8 Å². The topological polar surface area (TPSA) is 33.0 Å². The number of rotatable bonds is 3. The first-order valence-corrected chi connectivity index (χ1v) is 4.66. The third-order valence-corrected chi connectivity index (χ3v) is 2.09. The minimum atomic E-state index is 0.298. The van der Waals surface area contributed by atoms with E-state index in [-0.39, 0.29) is 0 Å². The number of fused-ring (bicyclic) bond motifs is 1. The Morgan fingerprint density at radius 2 is 1.79 bits per heavy atom. The van der Waals surface area contributed by atoms with Crippen LogP contribution in [0.5, 0.6) is 5.75 Å². The van der Waals surface area contributed by atoms with Gasteiger partial charge in [-0.25, -0.2) is 0 Å². The summed E-state index contributed by atoms with van der Waals surface area (Å²) in [6.45, 7) is 0.755. The van der Waals surface area contributed by atoms with Crippen LogP contribution >= 0.6 is 0 Å². The summed E-state index contributed by atoms with van der Waals surface area (Å²) >= 11 is 0. The van der Waals surface area contributed by atoms with Crippen molar-refractivity contribution < 1.29 is 4.74 Å². The molecule has 0 fully saturated rings. The Labute approximate surface area is 83.3 Å². The molecule has 0 saturated carbocycles. The summed E-state index contributed by atoms with van der Waals surface area (Å²) in [4.78, 5) is 0. The third kappa shape index (κ3) is 1.86. The van der Waals surface area contributed by atoms with Gasteiger partial charge >= 0.3 is 0 Å². The predicted octanol–water partition coefficient (Wildman–Crippen LogP) is 2.50. The molecule has 2 aromatic rings.